The molecular weight excluding hydrogens is 228 g/mol. The number of carbonyl (C=O) groups excluding carboxylic acids is 1. The van der Waals surface area contributed by atoms with Crippen molar-refractivity contribution in [3.63, 3.8) is 0 Å². The molecular formula is C14H22N2O2. The van der Waals surface area contributed by atoms with Crippen LogP contribution in [0.2, 0.25) is 0 Å². The highest BCUT2D eigenvalue weighted by molar-refractivity contribution is 5.75. The van der Waals surface area contributed by atoms with Gasteiger partial charge in [0.05, 0.1) is 13.0 Å². The molecule has 4 heteroatoms. The summed E-state index contributed by atoms with van der Waals surface area (Å²) in [4.78, 5) is 11.3. The predicted molar refractivity (Wildman–Crippen MR) is 72.2 cm³/mol. The molecule has 1 aromatic rings. The fraction of sp³-hybridized carbons (Fsp3) is 0.500. The van der Waals surface area contributed by atoms with Crippen LogP contribution in [0.15, 0.2) is 24.3 Å². The Kier molecular flexibility index (Phi) is 4.73. The van der Waals surface area contributed by atoms with Crippen molar-refractivity contribution in [3.8, 4) is 5.75 Å². The van der Waals surface area contributed by atoms with Gasteiger partial charge in [0.15, 0.2) is 0 Å². The minimum absolute atomic E-state index is 0.0899. The molecule has 0 aliphatic rings. The number of ether oxygens (including phenoxy) is 1. The van der Waals surface area contributed by atoms with Crippen molar-refractivity contribution in [2.45, 2.75) is 32.6 Å². The monoisotopic (exact) mass is 250 g/mol. The third-order valence-electron chi connectivity index (χ3n) is 2.68. The highest BCUT2D eigenvalue weighted by atomic mass is 16.5. The molecule has 4 nitrogen and oxygen atoms in total. The van der Waals surface area contributed by atoms with Gasteiger partial charge < -0.3 is 4.74 Å². The maximum Gasteiger partial charge on any atom is 0.239 e. The van der Waals surface area contributed by atoms with E-state index in [1.807, 2.05) is 18.2 Å². The fourth-order valence-electron chi connectivity index (χ4n) is 1.48. The zero-order valence-electron chi connectivity index (χ0n) is 11.6. The van der Waals surface area contributed by atoms with Crippen LogP contribution in [-0.2, 0) is 10.2 Å². The van der Waals surface area contributed by atoms with Gasteiger partial charge in [-0.15, -0.1) is 0 Å². The largest absolute Gasteiger partial charge is 0.493 e. The summed E-state index contributed by atoms with van der Waals surface area (Å²) in [5.41, 5.74) is 1.30. The summed E-state index contributed by atoms with van der Waals surface area (Å²) in [5, 5.41) is 1.08. The van der Waals surface area contributed by atoms with Gasteiger partial charge in [0.25, 0.3) is 0 Å². The smallest absolute Gasteiger partial charge is 0.239 e. The third kappa shape index (κ3) is 4.37. The number of rotatable bonds is 4. The molecule has 0 radical (unpaired) electrons. The molecule has 1 amide bonds. The summed E-state index contributed by atoms with van der Waals surface area (Å²) in [6, 6.07) is 7.95. The van der Waals surface area contributed by atoms with E-state index in [2.05, 4.69) is 26.8 Å². The van der Waals surface area contributed by atoms with E-state index in [1.54, 1.807) is 0 Å². The lowest BCUT2D eigenvalue weighted by Crippen LogP contribution is -2.33. The molecule has 0 fully saturated rings. The molecule has 0 aromatic heterocycles. The van der Waals surface area contributed by atoms with Gasteiger partial charge in [0.1, 0.15) is 5.75 Å². The van der Waals surface area contributed by atoms with Crippen molar-refractivity contribution in [1.29, 1.82) is 0 Å². The van der Waals surface area contributed by atoms with Crippen LogP contribution < -0.4 is 10.6 Å². The molecule has 0 unspecified atom stereocenters. The first-order chi connectivity index (χ1) is 8.30. The third-order valence-corrected chi connectivity index (χ3v) is 2.68. The minimum atomic E-state index is -0.137. The average Bonchev–Trinajstić information content (AvgIpc) is 2.28. The molecule has 1 aromatic carbocycles. The topological polar surface area (TPSA) is 55.6 Å². The molecule has 0 aliphatic carbocycles. The first-order valence-corrected chi connectivity index (χ1v) is 6.05. The van der Waals surface area contributed by atoms with Crippen molar-refractivity contribution in [1.82, 2.24) is 5.01 Å². The van der Waals surface area contributed by atoms with Crippen molar-refractivity contribution < 1.29 is 9.53 Å². The van der Waals surface area contributed by atoms with Crippen molar-refractivity contribution in [2.24, 2.45) is 5.84 Å². The van der Waals surface area contributed by atoms with Crippen LogP contribution in [0.4, 0.5) is 0 Å². The summed E-state index contributed by atoms with van der Waals surface area (Å²) < 4.78 is 5.56. The van der Waals surface area contributed by atoms with Gasteiger partial charge in [0.2, 0.25) is 5.91 Å². The summed E-state index contributed by atoms with van der Waals surface area (Å²) in [5.74, 6) is 5.97. The van der Waals surface area contributed by atoms with Gasteiger partial charge >= 0.3 is 0 Å². The zero-order chi connectivity index (χ0) is 13.8. The average molecular weight is 250 g/mol. The Morgan fingerprint density at radius 1 is 1.39 bits per heavy atom. The number of hydrogen-bond donors (Lipinski definition) is 1. The summed E-state index contributed by atoms with van der Waals surface area (Å²) >= 11 is 0. The van der Waals surface area contributed by atoms with E-state index in [0.717, 1.165) is 10.8 Å². The quantitative estimate of drug-likeness (QED) is 0.506. The predicted octanol–water partition coefficient (Wildman–Crippen LogP) is 2.09. The minimum Gasteiger partial charge on any atom is -0.493 e. The molecule has 1 rings (SSSR count). The van der Waals surface area contributed by atoms with Crippen LogP contribution in [0.1, 0.15) is 32.8 Å². The second kappa shape index (κ2) is 5.87. The summed E-state index contributed by atoms with van der Waals surface area (Å²) in [7, 11) is 1.53. The van der Waals surface area contributed by atoms with Crippen LogP contribution >= 0.6 is 0 Å². The standard InChI is InChI=1S/C14H22N2O2/c1-14(2,3)11-6-5-7-12(10-11)18-9-8-13(17)16(4)15/h5-7,10H,8-9,15H2,1-4H3. The second-order valence-corrected chi connectivity index (χ2v) is 5.38. The Bertz CT molecular complexity index is 409. The van der Waals surface area contributed by atoms with Gasteiger partial charge in [0, 0.05) is 7.05 Å². The number of nitrogens with zero attached hydrogens (tertiary/aromatic N) is 1. The Morgan fingerprint density at radius 3 is 2.61 bits per heavy atom. The Hall–Kier alpha value is -1.55. The number of benzene rings is 1. The van der Waals surface area contributed by atoms with Crippen molar-refractivity contribution in [2.75, 3.05) is 13.7 Å². The normalized spacial score (nSPS) is 11.2. The van der Waals surface area contributed by atoms with Crippen LogP contribution in [0.3, 0.4) is 0 Å². The highest BCUT2D eigenvalue weighted by Gasteiger charge is 2.14. The molecule has 0 spiro atoms. The van der Waals surface area contributed by atoms with Gasteiger partial charge in [-0.25, -0.2) is 5.84 Å². The lowest BCUT2D eigenvalue weighted by molar-refractivity contribution is -0.130. The van der Waals surface area contributed by atoms with Crippen molar-refractivity contribution >= 4 is 5.91 Å². The van der Waals surface area contributed by atoms with Gasteiger partial charge in [-0.2, -0.15) is 0 Å². The van der Waals surface area contributed by atoms with Crippen LogP contribution in [0, 0.1) is 0 Å². The maximum atomic E-state index is 11.3. The maximum absolute atomic E-state index is 11.3. The molecule has 18 heavy (non-hydrogen) atoms. The zero-order valence-corrected chi connectivity index (χ0v) is 11.6. The second-order valence-electron chi connectivity index (χ2n) is 5.38. The Labute approximate surface area is 109 Å². The summed E-state index contributed by atoms with van der Waals surface area (Å²) in [6.45, 7) is 6.80. The molecule has 0 saturated carbocycles. The molecule has 0 bridgehead atoms. The van der Waals surface area contributed by atoms with Gasteiger partial charge in [-0.1, -0.05) is 32.9 Å². The summed E-state index contributed by atoms with van der Waals surface area (Å²) in [6.07, 6.45) is 0.284. The van der Waals surface area contributed by atoms with Crippen LogP contribution in [0.5, 0.6) is 5.75 Å². The number of nitrogens with two attached hydrogens (primary N) is 1. The highest BCUT2D eigenvalue weighted by Crippen LogP contribution is 2.25. The van der Waals surface area contributed by atoms with Gasteiger partial charge in [-0.05, 0) is 23.1 Å². The number of hydrazine groups is 1. The van der Waals surface area contributed by atoms with E-state index in [1.165, 1.54) is 12.6 Å². The molecule has 100 valence electrons. The first kappa shape index (κ1) is 14.5. The van der Waals surface area contributed by atoms with E-state index < -0.39 is 0 Å². The lowest BCUT2D eigenvalue weighted by Gasteiger charge is -2.19. The number of carbonyl (C=O) groups is 1. The first-order valence-electron chi connectivity index (χ1n) is 6.05. The van der Waals surface area contributed by atoms with Crippen LogP contribution in [0.25, 0.3) is 0 Å². The van der Waals surface area contributed by atoms with Crippen molar-refractivity contribution in [3.05, 3.63) is 29.8 Å². The van der Waals surface area contributed by atoms with E-state index in [4.69, 9.17) is 10.6 Å². The van der Waals surface area contributed by atoms with E-state index in [9.17, 15) is 4.79 Å². The van der Waals surface area contributed by atoms with Crippen LogP contribution in [-0.4, -0.2) is 24.6 Å². The Morgan fingerprint density at radius 2 is 2.06 bits per heavy atom. The SMILES string of the molecule is CN(N)C(=O)CCOc1cccc(C(C)(C)C)c1. The van der Waals surface area contributed by atoms with Gasteiger partial charge in [-0.3, -0.25) is 9.80 Å². The lowest BCUT2D eigenvalue weighted by atomic mass is 9.87. The Balaban J connectivity index is 2.56. The van der Waals surface area contributed by atoms with E-state index >= 15 is 0 Å². The molecule has 0 aliphatic heterocycles. The van der Waals surface area contributed by atoms with E-state index in [-0.39, 0.29) is 17.7 Å². The molecule has 2 N–H and O–H groups in total. The molecule has 0 saturated heterocycles. The van der Waals surface area contributed by atoms with E-state index in [0.29, 0.717) is 6.61 Å². The fourth-order valence-corrected chi connectivity index (χ4v) is 1.48. The molecule has 0 atom stereocenters. The molecule has 0 heterocycles. The number of hydrogen-bond acceptors (Lipinski definition) is 3. The number of amides is 1.